The molecule has 0 radical (unpaired) electrons. The number of pyridine rings is 1. The first-order valence-corrected chi connectivity index (χ1v) is 7.73. The molecule has 0 aliphatic rings. The van der Waals surface area contributed by atoms with Crippen molar-refractivity contribution in [3.63, 3.8) is 0 Å². The second-order valence-electron chi connectivity index (χ2n) is 4.53. The number of carbonyl (C=O) groups is 1. The molecule has 2 heterocycles. The summed E-state index contributed by atoms with van der Waals surface area (Å²) in [6, 6.07) is 11.6. The van der Waals surface area contributed by atoms with Crippen LogP contribution in [-0.4, -0.2) is 29.1 Å². The third-order valence-corrected chi connectivity index (χ3v) is 3.66. The van der Waals surface area contributed by atoms with Gasteiger partial charge in [0.2, 0.25) is 0 Å². The Morgan fingerprint density at radius 3 is 2.91 bits per heavy atom. The summed E-state index contributed by atoms with van der Waals surface area (Å²) >= 11 is 1.38. The van der Waals surface area contributed by atoms with E-state index in [1.165, 1.54) is 11.3 Å². The number of anilines is 2. The zero-order chi connectivity index (χ0) is 15.2. The van der Waals surface area contributed by atoms with Crippen molar-refractivity contribution in [2.75, 3.05) is 23.7 Å². The molecule has 2 amide bonds. The minimum Gasteiger partial charge on any atom is -0.368 e. The Morgan fingerprint density at radius 1 is 1.14 bits per heavy atom. The second-order valence-corrected chi connectivity index (χ2v) is 5.43. The van der Waals surface area contributed by atoms with E-state index in [1.54, 1.807) is 6.20 Å². The third-order valence-electron chi connectivity index (χ3n) is 2.97. The quantitative estimate of drug-likeness (QED) is 0.633. The summed E-state index contributed by atoms with van der Waals surface area (Å²) in [5.74, 6) is 0.792. The average Bonchev–Trinajstić information content (AvgIpc) is 3.04. The number of hydrogen-bond donors (Lipinski definition) is 3. The van der Waals surface area contributed by atoms with Gasteiger partial charge in [0, 0.05) is 30.1 Å². The van der Waals surface area contributed by atoms with E-state index in [2.05, 4.69) is 25.9 Å². The Balaban J connectivity index is 1.45. The minimum absolute atomic E-state index is 0.261. The van der Waals surface area contributed by atoms with Crippen LogP contribution in [-0.2, 0) is 0 Å². The number of amides is 2. The highest BCUT2D eigenvalue weighted by Gasteiger charge is 2.02. The van der Waals surface area contributed by atoms with Crippen LogP contribution in [0.5, 0.6) is 0 Å². The Bertz CT molecular complexity index is 759. The Morgan fingerprint density at radius 2 is 2.05 bits per heavy atom. The summed E-state index contributed by atoms with van der Waals surface area (Å²) in [6.45, 7) is 1.09. The van der Waals surface area contributed by atoms with Crippen molar-refractivity contribution in [2.45, 2.75) is 0 Å². The number of fused-ring (bicyclic) bond motifs is 1. The fourth-order valence-electron chi connectivity index (χ4n) is 1.96. The molecule has 0 bridgehead atoms. The molecule has 112 valence electrons. The van der Waals surface area contributed by atoms with Crippen molar-refractivity contribution in [1.29, 1.82) is 0 Å². The van der Waals surface area contributed by atoms with Gasteiger partial charge in [0.05, 0.1) is 5.52 Å². The molecular weight excluding hydrogens is 298 g/mol. The first kappa shape index (κ1) is 14.3. The average molecular weight is 313 g/mol. The second kappa shape index (κ2) is 6.86. The molecule has 22 heavy (non-hydrogen) atoms. The first-order chi connectivity index (χ1) is 10.8. The maximum absolute atomic E-state index is 11.6. The largest absolute Gasteiger partial charge is 0.368 e. The smallest absolute Gasteiger partial charge is 0.321 e. The van der Waals surface area contributed by atoms with E-state index in [9.17, 15) is 4.79 Å². The molecule has 0 saturated carbocycles. The van der Waals surface area contributed by atoms with E-state index in [-0.39, 0.29) is 6.03 Å². The molecule has 2 aromatic heterocycles. The number of rotatable bonds is 5. The summed E-state index contributed by atoms with van der Waals surface area (Å²) in [6.07, 6.45) is 1.65. The maximum Gasteiger partial charge on any atom is 0.321 e. The maximum atomic E-state index is 11.6. The lowest BCUT2D eigenvalue weighted by molar-refractivity contribution is 0.252. The van der Waals surface area contributed by atoms with E-state index >= 15 is 0 Å². The topological polar surface area (TPSA) is 78.9 Å². The molecule has 3 aromatic rings. The van der Waals surface area contributed by atoms with Crippen molar-refractivity contribution in [3.8, 4) is 0 Å². The van der Waals surface area contributed by atoms with Crippen molar-refractivity contribution < 1.29 is 4.79 Å². The van der Waals surface area contributed by atoms with Gasteiger partial charge in [-0.05, 0) is 18.2 Å². The van der Waals surface area contributed by atoms with Gasteiger partial charge in [-0.25, -0.2) is 14.8 Å². The number of hydrogen-bond acceptors (Lipinski definition) is 5. The molecule has 3 N–H and O–H groups in total. The van der Waals surface area contributed by atoms with Crippen molar-refractivity contribution >= 4 is 39.2 Å². The highest BCUT2D eigenvalue weighted by molar-refractivity contribution is 7.13. The van der Waals surface area contributed by atoms with Gasteiger partial charge in [0.15, 0.2) is 5.13 Å². The van der Waals surface area contributed by atoms with Crippen LogP contribution in [0.4, 0.5) is 15.7 Å². The van der Waals surface area contributed by atoms with Crippen molar-refractivity contribution in [3.05, 3.63) is 48.0 Å². The summed E-state index contributed by atoms with van der Waals surface area (Å²) in [5.41, 5.74) is 0.946. The van der Waals surface area contributed by atoms with E-state index < -0.39 is 0 Å². The number of urea groups is 1. The molecule has 1 aromatic carbocycles. The number of benzene rings is 1. The Hall–Kier alpha value is -2.67. The van der Waals surface area contributed by atoms with E-state index in [0.29, 0.717) is 18.2 Å². The Kier molecular flexibility index (Phi) is 4.45. The van der Waals surface area contributed by atoms with Gasteiger partial charge >= 0.3 is 6.03 Å². The zero-order valence-corrected chi connectivity index (χ0v) is 12.6. The van der Waals surface area contributed by atoms with Gasteiger partial charge in [0.25, 0.3) is 0 Å². The van der Waals surface area contributed by atoms with Crippen molar-refractivity contribution in [2.24, 2.45) is 0 Å². The molecule has 0 aliphatic heterocycles. The lowest BCUT2D eigenvalue weighted by Gasteiger charge is -2.08. The number of nitrogens with zero attached hydrogens (tertiary/aromatic N) is 2. The van der Waals surface area contributed by atoms with Gasteiger partial charge in [0.1, 0.15) is 5.82 Å². The van der Waals surface area contributed by atoms with Gasteiger partial charge in [-0.1, -0.05) is 18.2 Å². The SMILES string of the molecule is O=C(NCCNc1ccc2ccccc2n1)Nc1nccs1. The predicted molar refractivity (Wildman–Crippen MR) is 89.4 cm³/mol. The number of thiazole rings is 1. The van der Waals surface area contributed by atoms with Crippen LogP contribution >= 0.6 is 11.3 Å². The van der Waals surface area contributed by atoms with E-state index in [0.717, 1.165) is 16.7 Å². The molecule has 7 heteroatoms. The highest BCUT2D eigenvalue weighted by Crippen LogP contribution is 2.14. The number of para-hydroxylation sites is 1. The Labute approximate surface area is 131 Å². The lowest BCUT2D eigenvalue weighted by Crippen LogP contribution is -2.32. The highest BCUT2D eigenvalue weighted by atomic mass is 32.1. The molecule has 3 rings (SSSR count). The van der Waals surface area contributed by atoms with Crippen LogP contribution < -0.4 is 16.0 Å². The van der Waals surface area contributed by atoms with Crippen LogP contribution in [0.3, 0.4) is 0 Å². The number of carbonyl (C=O) groups excluding carboxylic acids is 1. The summed E-state index contributed by atoms with van der Waals surface area (Å²) in [5, 5.41) is 12.1. The van der Waals surface area contributed by atoms with Crippen LogP contribution in [0, 0.1) is 0 Å². The standard InChI is InChI=1S/C15H15N5OS/c21-14(20-15-18-9-10-22-15)17-8-7-16-13-6-5-11-3-1-2-4-12(11)19-13/h1-6,9-10H,7-8H2,(H,16,19)(H2,17,18,20,21). The number of nitrogens with one attached hydrogen (secondary N) is 3. The first-order valence-electron chi connectivity index (χ1n) is 6.85. The molecule has 0 unspecified atom stereocenters. The fourth-order valence-corrected chi connectivity index (χ4v) is 2.48. The van der Waals surface area contributed by atoms with Crippen LogP contribution in [0.2, 0.25) is 0 Å². The van der Waals surface area contributed by atoms with Crippen LogP contribution in [0.25, 0.3) is 10.9 Å². The van der Waals surface area contributed by atoms with Gasteiger partial charge < -0.3 is 10.6 Å². The lowest BCUT2D eigenvalue weighted by atomic mass is 10.2. The molecule has 0 spiro atoms. The molecular formula is C15H15N5OS. The van der Waals surface area contributed by atoms with Crippen molar-refractivity contribution in [1.82, 2.24) is 15.3 Å². The van der Waals surface area contributed by atoms with Crippen LogP contribution in [0.1, 0.15) is 0 Å². The zero-order valence-electron chi connectivity index (χ0n) is 11.7. The van der Waals surface area contributed by atoms with E-state index in [4.69, 9.17) is 0 Å². The molecule has 0 aliphatic carbocycles. The number of aromatic nitrogens is 2. The van der Waals surface area contributed by atoms with Gasteiger partial charge in [-0.2, -0.15) is 0 Å². The molecule has 6 nitrogen and oxygen atoms in total. The summed E-state index contributed by atoms with van der Waals surface area (Å²) in [7, 11) is 0. The summed E-state index contributed by atoms with van der Waals surface area (Å²) in [4.78, 5) is 20.1. The monoisotopic (exact) mass is 313 g/mol. The molecule has 0 fully saturated rings. The van der Waals surface area contributed by atoms with E-state index in [1.807, 2.05) is 41.8 Å². The van der Waals surface area contributed by atoms with Gasteiger partial charge in [-0.15, -0.1) is 11.3 Å². The molecule has 0 atom stereocenters. The van der Waals surface area contributed by atoms with Gasteiger partial charge in [-0.3, -0.25) is 5.32 Å². The van der Waals surface area contributed by atoms with Crippen LogP contribution in [0.15, 0.2) is 48.0 Å². The normalized spacial score (nSPS) is 10.4. The summed E-state index contributed by atoms with van der Waals surface area (Å²) < 4.78 is 0. The minimum atomic E-state index is -0.261. The predicted octanol–water partition coefficient (Wildman–Crippen LogP) is 2.92. The fraction of sp³-hybridized carbons (Fsp3) is 0.133. The molecule has 0 saturated heterocycles. The third kappa shape index (κ3) is 3.70.